The number of carbonyl (C=O) groups excluding carboxylic acids is 1. The first-order valence-electron chi connectivity index (χ1n) is 7.16. The molecular formula is C18H16N2O2S. The fraction of sp³-hybridized carbons (Fsp3) is 0.111. The van der Waals surface area contributed by atoms with Crippen molar-refractivity contribution in [1.29, 1.82) is 0 Å². The first-order chi connectivity index (χ1) is 11.1. The van der Waals surface area contributed by atoms with E-state index in [4.69, 9.17) is 0 Å². The van der Waals surface area contributed by atoms with Gasteiger partial charge in [0.05, 0.1) is 10.6 Å². The maximum Gasteiger partial charge on any atom is 0.266 e. The number of aliphatic imine (C=N–C) groups is 1. The minimum atomic E-state index is -0.120. The highest BCUT2D eigenvalue weighted by Gasteiger charge is 2.30. The van der Waals surface area contributed by atoms with Gasteiger partial charge in [-0.1, -0.05) is 36.4 Å². The summed E-state index contributed by atoms with van der Waals surface area (Å²) in [6, 6.07) is 14.7. The summed E-state index contributed by atoms with van der Waals surface area (Å²) < 4.78 is 0. The first-order valence-corrected chi connectivity index (χ1v) is 7.98. The van der Waals surface area contributed by atoms with Gasteiger partial charge in [0.15, 0.2) is 5.17 Å². The number of phenolic OH excluding ortho intramolecular Hbond substituents is 1. The summed E-state index contributed by atoms with van der Waals surface area (Å²) in [6.07, 6.45) is 1.69. The normalized spacial score (nSPS) is 18.2. The molecule has 3 rings (SSSR count). The summed E-state index contributed by atoms with van der Waals surface area (Å²) in [5, 5.41) is 10.5. The minimum absolute atomic E-state index is 0.120. The van der Waals surface area contributed by atoms with Crippen LogP contribution in [0.15, 0.2) is 58.4 Å². The van der Waals surface area contributed by atoms with Gasteiger partial charge in [0.25, 0.3) is 5.91 Å². The van der Waals surface area contributed by atoms with Crippen LogP contribution in [0.4, 0.5) is 5.69 Å². The topological polar surface area (TPSA) is 52.9 Å². The minimum Gasteiger partial charge on any atom is -0.507 e. The number of nitrogens with zero attached hydrogens (tertiary/aromatic N) is 2. The molecule has 0 unspecified atom stereocenters. The summed E-state index contributed by atoms with van der Waals surface area (Å²) in [5.74, 6) is 0.0333. The number of thioether (sulfide) groups is 1. The molecule has 2 aromatic carbocycles. The van der Waals surface area contributed by atoms with E-state index in [1.54, 1.807) is 31.3 Å². The quantitative estimate of drug-likeness (QED) is 0.852. The number of aryl methyl sites for hydroxylation is 1. The SMILES string of the molecule is Cc1ccccc1N=C1S/C(=C/c2ccccc2O)C(=O)N1C. The molecule has 1 fully saturated rings. The monoisotopic (exact) mass is 324 g/mol. The molecule has 0 aliphatic carbocycles. The van der Waals surface area contributed by atoms with Gasteiger partial charge in [0.1, 0.15) is 5.75 Å². The average Bonchev–Trinajstić information content (AvgIpc) is 2.80. The summed E-state index contributed by atoms with van der Waals surface area (Å²) in [6.45, 7) is 1.99. The molecule has 1 aliphatic heterocycles. The van der Waals surface area contributed by atoms with Crippen LogP contribution in [0.2, 0.25) is 0 Å². The van der Waals surface area contributed by atoms with E-state index in [9.17, 15) is 9.90 Å². The van der Waals surface area contributed by atoms with Gasteiger partial charge >= 0.3 is 0 Å². The van der Waals surface area contributed by atoms with Crippen LogP contribution < -0.4 is 0 Å². The molecule has 1 amide bonds. The maximum absolute atomic E-state index is 12.4. The molecule has 23 heavy (non-hydrogen) atoms. The van der Waals surface area contributed by atoms with Crippen molar-refractivity contribution < 1.29 is 9.90 Å². The third-order valence-corrected chi connectivity index (χ3v) is 4.62. The van der Waals surface area contributed by atoms with Gasteiger partial charge in [0.2, 0.25) is 0 Å². The Bertz CT molecular complexity index is 827. The molecule has 116 valence electrons. The smallest absolute Gasteiger partial charge is 0.266 e. The zero-order valence-corrected chi connectivity index (χ0v) is 13.7. The Morgan fingerprint density at radius 2 is 1.83 bits per heavy atom. The van der Waals surface area contributed by atoms with Crippen molar-refractivity contribution in [2.24, 2.45) is 4.99 Å². The lowest BCUT2D eigenvalue weighted by molar-refractivity contribution is -0.121. The van der Waals surface area contributed by atoms with E-state index in [-0.39, 0.29) is 11.7 Å². The predicted octanol–water partition coefficient (Wildman–Crippen LogP) is 3.93. The van der Waals surface area contributed by atoms with Gasteiger partial charge in [-0.2, -0.15) is 0 Å². The van der Waals surface area contributed by atoms with Crippen LogP contribution in [0.1, 0.15) is 11.1 Å². The number of phenols is 1. The van der Waals surface area contributed by atoms with E-state index in [1.165, 1.54) is 16.7 Å². The van der Waals surface area contributed by atoms with E-state index in [0.29, 0.717) is 15.6 Å². The second-order valence-electron chi connectivity index (χ2n) is 5.21. The predicted molar refractivity (Wildman–Crippen MR) is 94.7 cm³/mol. The molecule has 2 aromatic rings. The third kappa shape index (κ3) is 3.14. The van der Waals surface area contributed by atoms with Crippen LogP contribution in [0.25, 0.3) is 6.08 Å². The highest BCUT2D eigenvalue weighted by atomic mass is 32.2. The molecule has 0 atom stereocenters. The Balaban J connectivity index is 1.95. The van der Waals surface area contributed by atoms with Crippen LogP contribution in [-0.2, 0) is 4.79 Å². The molecule has 0 saturated carbocycles. The van der Waals surface area contributed by atoms with Crippen molar-refractivity contribution in [3.05, 3.63) is 64.6 Å². The van der Waals surface area contributed by atoms with Gasteiger partial charge in [-0.05, 0) is 42.5 Å². The van der Waals surface area contributed by atoms with Crippen LogP contribution >= 0.6 is 11.8 Å². The number of likely N-dealkylation sites (N-methyl/N-ethyl adjacent to an activating group) is 1. The van der Waals surface area contributed by atoms with E-state index in [2.05, 4.69) is 4.99 Å². The molecule has 0 spiro atoms. The number of carbonyl (C=O) groups is 1. The zero-order valence-electron chi connectivity index (χ0n) is 12.9. The van der Waals surface area contributed by atoms with Crippen molar-refractivity contribution in [3.63, 3.8) is 0 Å². The van der Waals surface area contributed by atoms with Gasteiger partial charge < -0.3 is 5.11 Å². The van der Waals surface area contributed by atoms with Crippen molar-refractivity contribution in [2.75, 3.05) is 7.05 Å². The lowest BCUT2D eigenvalue weighted by atomic mass is 10.2. The Morgan fingerprint density at radius 3 is 2.57 bits per heavy atom. The number of benzene rings is 2. The maximum atomic E-state index is 12.4. The van der Waals surface area contributed by atoms with E-state index in [0.717, 1.165) is 11.3 Å². The van der Waals surface area contributed by atoms with Crippen LogP contribution in [0.3, 0.4) is 0 Å². The lowest BCUT2D eigenvalue weighted by Crippen LogP contribution is -2.23. The first kappa shape index (κ1) is 15.4. The fourth-order valence-electron chi connectivity index (χ4n) is 2.19. The molecule has 0 radical (unpaired) electrons. The van der Waals surface area contributed by atoms with E-state index in [1.807, 2.05) is 37.3 Å². The van der Waals surface area contributed by atoms with Crippen LogP contribution in [0.5, 0.6) is 5.75 Å². The second kappa shape index (κ2) is 6.30. The highest BCUT2D eigenvalue weighted by Crippen LogP contribution is 2.34. The number of amides is 1. The van der Waals surface area contributed by atoms with Crippen molar-refractivity contribution in [1.82, 2.24) is 4.90 Å². The number of rotatable bonds is 2. The van der Waals surface area contributed by atoms with Gasteiger partial charge in [-0.15, -0.1) is 0 Å². The molecular weight excluding hydrogens is 308 g/mol. The molecule has 1 N–H and O–H groups in total. The van der Waals surface area contributed by atoms with Gasteiger partial charge in [-0.3, -0.25) is 9.69 Å². The Morgan fingerprint density at radius 1 is 1.13 bits per heavy atom. The molecule has 5 heteroatoms. The van der Waals surface area contributed by atoms with E-state index >= 15 is 0 Å². The third-order valence-electron chi connectivity index (χ3n) is 3.56. The molecule has 4 nitrogen and oxygen atoms in total. The molecule has 1 saturated heterocycles. The fourth-order valence-corrected chi connectivity index (χ4v) is 3.17. The number of hydrogen-bond donors (Lipinski definition) is 1. The van der Waals surface area contributed by atoms with Crippen LogP contribution in [0, 0.1) is 6.92 Å². The number of para-hydroxylation sites is 2. The number of hydrogen-bond acceptors (Lipinski definition) is 4. The molecule has 0 aromatic heterocycles. The lowest BCUT2D eigenvalue weighted by Gasteiger charge is -2.08. The molecule has 1 aliphatic rings. The number of amidine groups is 1. The highest BCUT2D eigenvalue weighted by molar-refractivity contribution is 8.18. The van der Waals surface area contributed by atoms with Crippen molar-refractivity contribution in [3.8, 4) is 5.75 Å². The summed E-state index contributed by atoms with van der Waals surface area (Å²) >= 11 is 1.31. The van der Waals surface area contributed by atoms with E-state index < -0.39 is 0 Å². The van der Waals surface area contributed by atoms with Crippen molar-refractivity contribution >= 4 is 34.6 Å². The molecule has 1 heterocycles. The summed E-state index contributed by atoms with van der Waals surface area (Å²) in [5.41, 5.74) is 2.52. The van der Waals surface area contributed by atoms with Crippen LogP contribution in [-0.4, -0.2) is 28.1 Å². The summed E-state index contributed by atoms with van der Waals surface area (Å²) in [4.78, 5) is 19.0. The van der Waals surface area contributed by atoms with Crippen molar-refractivity contribution in [2.45, 2.75) is 6.92 Å². The molecule has 0 bridgehead atoms. The Kier molecular flexibility index (Phi) is 4.21. The summed E-state index contributed by atoms with van der Waals surface area (Å²) in [7, 11) is 1.71. The average molecular weight is 324 g/mol. The van der Waals surface area contributed by atoms with Gasteiger partial charge in [0, 0.05) is 12.6 Å². The standard InChI is InChI=1S/C18H16N2O2S/c1-12-7-3-5-9-14(12)19-18-20(2)17(22)16(23-18)11-13-8-4-6-10-15(13)21/h3-11,21H,1-2H3/b16-11+,19-18?. The second-order valence-corrected chi connectivity index (χ2v) is 6.22. The Hall–Kier alpha value is -2.53. The number of aromatic hydroxyl groups is 1. The Labute approximate surface area is 139 Å². The largest absolute Gasteiger partial charge is 0.507 e. The zero-order chi connectivity index (χ0) is 16.4. The van der Waals surface area contributed by atoms with Gasteiger partial charge in [-0.25, -0.2) is 4.99 Å².